The predicted molar refractivity (Wildman–Crippen MR) is 69.9 cm³/mol. The average Bonchev–Trinajstić information content (AvgIpc) is 2.71. The number of aromatic nitrogens is 1. The van der Waals surface area contributed by atoms with Gasteiger partial charge in [-0.2, -0.15) is 0 Å². The molecule has 0 amide bonds. The van der Waals surface area contributed by atoms with Crippen molar-refractivity contribution in [3.8, 4) is 0 Å². The van der Waals surface area contributed by atoms with Crippen LogP contribution in [0, 0.1) is 13.8 Å². The Morgan fingerprint density at radius 3 is 2.47 bits per heavy atom. The van der Waals surface area contributed by atoms with E-state index in [9.17, 15) is 4.79 Å². The highest BCUT2D eigenvalue weighted by molar-refractivity contribution is 5.87. The second kappa shape index (κ2) is 5.67. The fourth-order valence-electron chi connectivity index (χ4n) is 1.85. The Bertz CT molecular complexity index is 553. The van der Waals surface area contributed by atoms with Gasteiger partial charge in [-0.1, -0.05) is 17.3 Å². The first kappa shape index (κ1) is 13.3. The zero-order valence-corrected chi connectivity index (χ0v) is 10.9. The van der Waals surface area contributed by atoms with Crippen LogP contribution in [0.15, 0.2) is 28.8 Å². The van der Waals surface area contributed by atoms with Crippen LogP contribution < -0.4 is 5.32 Å². The first-order valence-corrected chi connectivity index (χ1v) is 6.02. The van der Waals surface area contributed by atoms with Gasteiger partial charge in [0.25, 0.3) is 0 Å². The number of carbonyl (C=O) groups is 1. The van der Waals surface area contributed by atoms with E-state index >= 15 is 0 Å². The van der Waals surface area contributed by atoms with Gasteiger partial charge < -0.3 is 14.9 Å². The van der Waals surface area contributed by atoms with Crippen molar-refractivity contribution in [3.63, 3.8) is 0 Å². The number of nitrogens with one attached hydrogen (secondary N) is 1. The topological polar surface area (TPSA) is 75.4 Å². The molecule has 2 rings (SSSR count). The lowest BCUT2D eigenvalue weighted by Crippen LogP contribution is -2.13. The third-order valence-electron chi connectivity index (χ3n) is 3.01. The van der Waals surface area contributed by atoms with Gasteiger partial charge >= 0.3 is 5.97 Å². The highest BCUT2D eigenvalue weighted by Crippen LogP contribution is 2.12. The number of hydrogen-bond donors (Lipinski definition) is 2. The van der Waals surface area contributed by atoms with Gasteiger partial charge in [-0.25, -0.2) is 4.79 Å². The molecule has 0 unspecified atom stereocenters. The molecule has 0 aliphatic heterocycles. The van der Waals surface area contributed by atoms with Crippen LogP contribution in [0.1, 0.15) is 32.9 Å². The number of carboxylic acids is 1. The molecule has 2 aromatic rings. The molecular formula is C14H16N2O3. The van der Waals surface area contributed by atoms with Gasteiger partial charge in [0.15, 0.2) is 0 Å². The van der Waals surface area contributed by atoms with Crippen LogP contribution >= 0.6 is 0 Å². The minimum absolute atomic E-state index is 0.300. The van der Waals surface area contributed by atoms with Crippen LogP contribution in [0.5, 0.6) is 0 Å². The molecule has 5 heteroatoms. The molecule has 0 fully saturated rings. The molecule has 0 aliphatic rings. The molecular weight excluding hydrogens is 244 g/mol. The Morgan fingerprint density at radius 2 is 1.95 bits per heavy atom. The summed E-state index contributed by atoms with van der Waals surface area (Å²) in [6.07, 6.45) is 0. The molecule has 0 saturated carbocycles. The Hall–Kier alpha value is -2.14. The van der Waals surface area contributed by atoms with E-state index in [-0.39, 0.29) is 0 Å². The van der Waals surface area contributed by atoms with Gasteiger partial charge in [0.05, 0.1) is 11.3 Å². The molecule has 100 valence electrons. The summed E-state index contributed by atoms with van der Waals surface area (Å²) in [5.74, 6) is -0.0820. The van der Waals surface area contributed by atoms with Crippen molar-refractivity contribution in [3.05, 3.63) is 52.4 Å². The molecule has 5 nitrogen and oxygen atoms in total. The number of rotatable bonds is 5. The van der Waals surface area contributed by atoms with Gasteiger partial charge in [0.2, 0.25) is 0 Å². The largest absolute Gasteiger partial charge is 0.478 e. The van der Waals surface area contributed by atoms with E-state index in [0.29, 0.717) is 18.7 Å². The molecule has 1 aromatic heterocycles. The van der Waals surface area contributed by atoms with E-state index in [1.807, 2.05) is 26.0 Å². The second-order valence-electron chi connectivity index (χ2n) is 4.41. The maximum absolute atomic E-state index is 10.7. The van der Waals surface area contributed by atoms with Crippen molar-refractivity contribution >= 4 is 5.97 Å². The standard InChI is InChI=1S/C14H16N2O3/c1-9-13(10(2)19-16-9)8-15-7-11-3-5-12(6-4-11)14(17)18/h3-6,15H,7-8H2,1-2H3,(H,17,18). The molecule has 0 radical (unpaired) electrons. The molecule has 2 N–H and O–H groups in total. The smallest absolute Gasteiger partial charge is 0.335 e. The second-order valence-corrected chi connectivity index (χ2v) is 4.41. The summed E-state index contributed by atoms with van der Waals surface area (Å²) in [6, 6.07) is 6.83. The Balaban J connectivity index is 1.91. The Kier molecular flexibility index (Phi) is 3.97. The first-order valence-electron chi connectivity index (χ1n) is 6.02. The normalized spacial score (nSPS) is 10.6. The lowest BCUT2D eigenvalue weighted by molar-refractivity contribution is 0.0697. The third kappa shape index (κ3) is 3.20. The van der Waals surface area contributed by atoms with Crippen LogP contribution in [0.2, 0.25) is 0 Å². The van der Waals surface area contributed by atoms with E-state index < -0.39 is 5.97 Å². The quantitative estimate of drug-likeness (QED) is 0.862. The number of nitrogens with zero attached hydrogens (tertiary/aromatic N) is 1. The zero-order valence-electron chi connectivity index (χ0n) is 10.9. The van der Waals surface area contributed by atoms with Crippen LogP contribution in [0.3, 0.4) is 0 Å². The SMILES string of the molecule is Cc1noc(C)c1CNCc1ccc(C(=O)O)cc1. The number of carboxylic acid groups (broad SMARTS) is 1. The maximum Gasteiger partial charge on any atom is 0.335 e. The molecule has 0 spiro atoms. The van der Waals surface area contributed by atoms with E-state index in [4.69, 9.17) is 9.63 Å². The number of aryl methyl sites for hydroxylation is 2. The summed E-state index contributed by atoms with van der Waals surface area (Å²) in [7, 11) is 0. The maximum atomic E-state index is 10.7. The van der Waals surface area contributed by atoms with Crippen LogP contribution in [0.4, 0.5) is 0 Å². The van der Waals surface area contributed by atoms with E-state index in [0.717, 1.165) is 22.6 Å². The van der Waals surface area contributed by atoms with Crippen LogP contribution in [-0.2, 0) is 13.1 Å². The summed E-state index contributed by atoms with van der Waals surface area (Å²) >= 11 is 0. The van der Waals surface area contributed by atoms with E-state index in [1.54, 1.807) is 12.1 Å². The monoisotopic (exact) mass is 260 g/mol. The fraction of sp³-hybridized carbons (Fsp3) is 0.286. The highest BCUT2D eigenvalue weighted by atomic mass is 16.5. The minimum Gasteiger partial charge on any atom is -0.478 e. The predicted octanol–water partition coefficient (Wildman–Crippen LogP) is 2.28. The van der Waals surface area contributed by atoms with Crippen molar-refractivity contribution in [1.82, 2.24) is 10.5 Å². The number of aromatic carboxylic acids is 1. The molecule has 0 atom stereocenters. The summed E-state index contributed by atoms with van der Waals surface area (Å²) in [4.78, 5) is 10.7. The minimum atomic E-state index is -0.907. The van der Waals surface area contributed by atoms with Gasteiger partial charge in [0, 0.05) is 18.7 Å². The van der Waals surface area contributed by atoms with E-state index in [1.165, 1.54) is 0 Å². The average molecular weight is 260 g/mol. The highest BCUT2D eigenvalue weighted by Gasteiger charge is 2.08. The molecule has 19 heavy (non-hydrogen) atoms. The molecule has 0 saturated heterocycles. The van der Waals surface area contributed by atoms with Crippen LogP contribution in [-0.4, -0.2) is 16.2 Å². The van der Waals surface area contributed by atoms with Gasteiger partial charge in [0.1, 0.15) is 5.76 Å². The van der Waals surface area contributed by atoms with Crippen LogP contribution in [0.25, 0.3) is 0 Å². The zero-order chi connectivity index (χ0) is 13.8. The summed E-state index contributed by atoms with van der Waals surface area (Å²) in [6.45, 7) is 5.15. The Morgan fingerprint density at radius 1 is 1.26 bits per heavy atom. The van der Waals surface area contributed by atoms with Crippen molar-refractivity contribution in [2.24, 2.45) is 0 Å². The van der Waals surface area contributed by atoms with Gasteiger partial charge in [-0.05, 0) is 31.5 Å². The Labute approximate surface area is 111 Å². The molecule has 1 aromatic carbocycles. The van der Waals surface area contributed by atoms with Gasteiger partial charge in [-0.15, -0.1) is 0 Å². The molecule has 0 aliphatic carbocycles. The summed E-state index contributed by atoms with van der Waals surface area (Å²) < 4.78 is 5.08. The first-order chi connectivity index (χ1) is 9.08. The van der Waals surface area contributed by atoms with Crippen molar-refractivity contribution in [2.45, 2.75) is 26.9 Å². The van der Waals surface area contributed by atoms with Crippen molar-refractivity contribution < 1.29 is 14.4 Å². The summed E-state index contributed by atoms with van der Waals surface area (Å²) in [5, 5.41) is 16.0. The lowest BCUT2D eigenvalue weighted by atomic mass is 10.1. The third-order valence-corrected chi connectivity index (χ3v) is 3.01. The lowest BCUT2D eigenvalue weighted by Gasteiger charge is -2.05. The van der Waals surface area contributed by atoms with E-state index in [2.05, 4.69) is 10.5 Å². The van der Waals surface area contributed by atoms with Crippen molar-refractivity contribution in [2.75, 3.05) is 0 Å². The number of hydrogen-bond acceptors (Lipinski definition) is 4. The van der Waals surface area contributed by atoms with Gasteiger partial charge in [-0.3, -0.25) is 0 Å². The number of benzene rings is 1. The van der Waals surface area contributed by atoms with Crippen molar-refractivity contribution in [1.29, 1.82) is 0 Å². The summed E-state index contributed by atoms with van der Waals surface area (Å²) in [5.41, 5.74) is 3.31. The molecule has 0 bridgehead atoms. The fourth-order valence-corrected chi connectivity index (χ4v) is 1.85. The molecule has 1 heterocycles.